The second kappa shape index (κ2) is 4.64. The maximum Gasteiger partial charge on any atom is 0.239 e. The standard InChI is InChI=1S/C12H23N3O2/c1-11(2,12(3,4)13)10(17)14-7-9(16)15-8-5-6-8/h8H,5-7,13H2,1-4H3,(H,14,17)(H,15,16). The predicted molar refractivity (Wildman–Crippen MR) is 66.2 cm³/mol. The molecule has 2 amide bonds. The van der Waals surface area contributed by atoms with E-state index in [-0.39, 0.29) is 18.4 Å². The molecule has 98 valence electrons. The molecule has 0 radical (unpaired) electrons. The Bertz CT molecular complexity index is 314. The van der Waals surface area contributed by atoms with E-state index in [2.05, 4.69) is 10.6 Å². The van der Waals surface area contributed by atoms with Crippen LogP contribution in [0.15, 0.2) is 0 Å². The lowest BCUT2D eigenvalue weighted by Crippen LogP contribution is -2.56. The molecule has 5 heteroatoms. The summed E-state index contributed by atoms with van der Waals surface area (Å²) in [5.41, 5.74) is 4.60. The van der Waals surface area contributed by atoms with Crippen LogP contribution >= 0.6 is 0 Å². The monoisotopic (exact) mass is 241 g/mol. The number of carbonyl (C=O) groups excluding carboxylic acids is 2. The fourth-order valence-electron chi connectivity index (χ4n) is 1.18. The molecule has 0 aliphatic heterocycles. The molecule has 4 N–H and O–H groups in total. The van der Waals surface area contributed by atoms with Crippen molar-refractivity contribution in [2.75, 3.05) is 6.54 Å². The van der Waals surface area contributed by atoms with Crippen molar-refractivity contribution in [3.8, 4) is 0 Å². The summed E-state index contributed by atoms with van der Waals surface area (Å²) in [4.78, 5) is 23.4. The lowest BCUT2D eigenvalue weighted by Gasteiger charge is -2.36. The first-order valence-electron chi connectivity index (χ1n) is 6.01. The molecule has 0 unspecified atom stereocenters. The Kier molecular flexibility index (Phi) is 3.81. The van der Waals surface area contributed by atoms with Gasteiger partial charge in [0.05, 0.1) is 12.0 Å². The molecule has 0 aromatic carbocycles. The van der Waals surface area contributed by atoms with Gasteiger partial charge in [-0.1, -0.05) is 0 Å². The van der Waals surface area contributed by atoms with Crippen molar-refractivity contribution in [2.24, 2.45) is 11.1 Å². The average molecular weight is 241 g/mol. The van der Waals surface area contributed by atoms with Crippen LogP contribution in [0.4, 0.5) is 0 Å². The number of amides is 2. The molecule has 0 atom stereocenters. The molecule has 17 heavy (non-hydrogen) atoms. The summed E-state index contributed by atoms with van der Waals surface area (Å²) < 4.78 is 0. The normalized spacial score (nSPS) is 16.5. The van der Waals surface area contributed by atoms with Gasteiger partial charge in [0.2, 0.25) is 11.8 Å². The molecule has 1 rings (SSSR count). The third kappa shape index (κ3) is 3.70. The fraction of sp³-hybridized carbons (Fsp3) is 0.833. The van der Waals surface area contributed by atoms with Gasteiger partial charge in [0, 0.05) is 11.6 Å². The van der Waals surface area contributed by atoms with Crippen LogP contribution in [0, 0.1) is 5.41 Å². The van der Waals surface area contributed by atoms with Gasteiger partial charge in [0.15, 0.2) is 0 Å². The van der Waals surface area contributed by atoms with Crippen molar-refractivity contribution in [1.29, 1.82) is 0 Å². The molecular formula is C12H23N3O2. The highest BCUT2D eigenvalue weighted by Gasteiger charge is 2.40. The minimum Gasteiger partial charge on any atom is -0.352 e. The van der Waals surface area contributed by atoms with Crippen LogP contribution in [-0.4, -0.2) is 29.9 Å². The Hall–Kier alpha value is -1.10. The molecule has 0 aromatic rings. The lowest BCUT2D eigenvalue weighted by atomic mass is 9.74. The maximum absolute atomic E-state index is 11.9. The third-order valence-electron chi connectivity index (χ3n) is 3.53. The van der Waals surface area contributed by atoms with Crippen LogP contribution in [0.5, 0.6) is 0 Å². The molecular weight excluding hydrogens is 218 g/mol. The van der Waals surface area contributed by atoms with Crippen LogP contribution < -0.4 is 16.4 Å². The van der Waals surface area contributed by atoms with Gasteiger partial charge >= 0.3 is 0 Å². The van der Waals surface area contributed by atoms with Crippen LogP contribution in [0.1, 0.15) is 40.5 Å². The SMILES string of the molecule is CC(C)(N)C(C)(C)C(=O)NCC(=O)NC1CC1. The van der Waals surface area contributed by atoms with E-state index in [1.807, 2.05) is 0 Å². The summed E-state index contributed by atoms with van der Waals surface area (Å²) in [6, 6.07) is 0.318. The van der Waals surface area contributed by atoms with E-state index in [9.17, 15) is 9.59 Å². The van der Waals surface area contributed by atoms with Gasteiger partial charge in [-0.3, -0.25) is 9.59 Å². The molecule has 0 aromatic heterocycles. The highest BCUT2D eigenvalue weighted by Crippen LogP contribution is 2.28. The number of nitrogens with one attached hydrogen (secondary N) is 2. The number of rotatable bonds is 5. The van der Waals surface area contributed by atoms with E-state index in [0.717, 1.165) is 12.8 Å². The molecule has 0 spiro atoms. The van der Waals surface area contributed by atoms with E-state index < -0.39 is 11.0 Å². The summed E-state index contributed by atoms with van der Waals surface area (Å²) in [7, 11) is 0. The van der Waals surface area contributed by atoms with E-state index in [1.165, 1.54) is 0 Å². The Balaban J connectivity index is 2.40. The van der Waals surface area contributed by atoms with Crippen molar-refractivity contribution < 1.29 is 9.59 Å². The topological polar surface area (TPSA) is 84.2 Å². The van der Waals surface area contributed by atoms with Crippen molar-refractivity contribution >= 4 is 11.8 Å². The quantitative estimate of drug-likeness (QED) is 0.640. The first-order chi connectivity index (χ1) is 7.64. The molecule has 5 nitrogen and oxygen atoms in total. The van der Waals surface area contributed by atoms with Crippen LogP contribution in [0.2, 0.25) is 0 Å². The Morgan fingerprint density at radius 1 is 1.24 bits per heavy atom. The maximum atomic E-state index is 11.9. The zero-order valence-electron chi connectivity index (χ0n) is 11.1. The number of nitrogens with two attached hydrogens (primary N) is 1. The fourth-order valence-corrected chi connectivity index (χ4v) is 1.18. The molecule has 0 heterocycles. The van der Waals surface area contributed by atoms with E-state index in [0.29, 0.717) is 6.04 Å². The van der Waals surface area contributed by atoms with E-state index in [4.69, 9.17) is 5.73 Å². The van der Waals surface area contributed by atoms with Crippen LogP contribution in [0.25, 0.3) is 0 Å². The number of hydrogen-bond donors (Lipinski definition) is 3. The summed E-state index contributed by atoms with van der Waals surface area (Å²) in [5.74, 6) is -0.331. The zero-order valence-corrected chi connectivity index (χ0v) is 11.1. The Morgan fingerprint density at radius 2 is 1.76 bits per heavy atom. The minimum atomic E-state index is -0.715. The van der Waals surface area contributed by atoms with E-state index in [1.54, 1.807) is 27.7 Å². The first kappa shape index (κ1) is 14.0. The van der Waals surface area contributed by atoms with E-state index >= 15 is 0 Å². The second-order valence-corrected chi connectivity index (χ2v) is 5.87. The van der Waals surface area contributed by atoms with Crippen LogP contribution in [-0.2, 0) is 9.59 Å². The highest BCUT2D eigenvalue weighted by molar-refractivity contribution is 5.88. The van der Waals surface area contributed by atoms with Crippen LogP contribution in [0.3, 0.4) is 0 Å². The van der Waals surface area contributed by atoms with Gasteiger partial charge in [-0.15, -0.1) is 0 Å². The van der Waals surface area contributed by atoms with Crippen molar-refractivity contribution in [3.05, 3.63) is 0 Å². The van der Waals surface area contributed by atoms with Gasteiger partial charge in [-0.25, -0.2) is 0 Å². The first-order valence-corrected chi connectivity index (χ1v) is 6.01. The van der Waals surface area contributed by atoms with Crippen molar-refractivity contribution in [2.45, 2.75) is 52.1 Å². The van der Waals surface area contributed by atoms with Gasteiger partial charge in [0.25, 0.3) is 0 Å². The summed E-state index contributed by atoms with van der Waals surface area (Å²) in [6.07, 6.45) is 2.09. The predicted octanol–water partition coefficient (Wildman–Crippen LogP) is 0.145. The average Bonchev–Trinajstić information content (AvgIpc) is 2.96. The lowest BCUT2D eigenvalue weighted by molar-refractivity contribution is -0.134. The summed E-state index contributed by atoms with van der Waals surface area (Å²) in [6.45, 7) is 7.19. The Labute approximate surface area is 103 Å². The molecule has 1 aliphatic rings. The molecule has 1 aliphatic carbocycles. The van der Waals surface area contributed by atoms with Gasteiger partial charge in [-0.2, -0.15) is 0 Å². The smallest absolute Gasteiger partial charge is 0.239 e. The van der Waals surface area contributed by atoms with Crippen molar-refractivity contribution in [1.82, 2.24) is 10.6 Å². The number of carbonyl (C=O) groups is 2. The molecule has 0 saturated heterocycles. The molecule has 1 saturated carbocycles. The summed E-state index contributed by atoms with van der Waals surface area (Å²) in [5, 5.41) is 5.45. The van der Waals surface area contributed by atoms with Gasteiger partial charge in [0.1, 0.15) is 0 Å². The number of hydrogen-bond acceptors (Lipinski definition) is 3. The third-order valence-corrected chi connectivity index (χ3v) is 3.53. The second-order valence-electron chi connectivity index (χ2n) is 5.87. The largest absolute Gasteiger partial charge is 0.352 e. The summed E-state index contributed by atoms with van der Waals surface area (Å²) >= 11 is 0. The molecule has 1 fully saturated rings. The van der Waals surface area contributed by atoms with Gasteiger partial charge < -0.3 is 16.4 Å². The highest BCUT2D eigenvalue weighted by atomic mass is 16.2. The van der Waals surface area contributed by atoms with Gasteiger partial charge in [-0.05, 0) is 40.5 Å². The zero-order chi connectivity index (χ0) is 13.3. The molecule has 0 bridgehead atoms. The van der Waals surface area contributed by atoms with Crippen molar-refractivity contribution in [3.63, 3.8) is 0 Å². The minimum absolute atomic E-state index is 0.0227. The Morgan fingerprint density at radius 3 is 2.18 bits per heavy atom.